The van der Waals surface area contributed by atoms with E-state index in [4.69, 9.17) is 0 Å². The summed E-state index contributed by atoms with van der Waals surface area (Å²) in [5.41, 5.74) is 0.102. The molecular weight excluding hydrogens is 190 g/mol. The van der Waals surface area contributed by atoms with Crippen LogP contribution in [-0.2, 0) is 9.59 Å². The molecule has 0 spiro atoms. The van der Waals surface area contributed by atoms with Crippen LogP contribution in [0, 0.1) is 5.41 Å². The van der Waals surface area contributed by atoms with E-state index >= 15 is 0 Å². The summed E-state index contributed by atoms with van der Waals surface area (Å²) in [7, 11) is 0. The molecule has 1 heterocycles. The van der Waals surface area contributed by atoms with E-state index < -0.39 is 5.41 Å². The van der Waals surface area contributed by atoms with Crippen molar-refractivity contribution >= 4 is 17.5 Å². The third-order valence-corrected chi connectivity index (χ3v) is 2.64. The van der Waals surface area contributed by atoms with E-state index in [1.807, 2.05) is 18.2 Å². The first-order chi connectivity index (χ1) is 7.02. The van der Waals surface area contributed by atoms with Crippen molar-refractivity contribution in [1.29, 1.82) is 0 Å². The molecule has 0 bridgehead atoms. The van der Waals surface area contributed by atoms with E-state index in [-0.39, 0.29) is 11.8 Å². The van der Waals surface area contributed by atoms with Crippen molar-refractivity contribution in [2.75, 3.05) is 4.90 Å². The first kappa shape index (κ1) is 9.90. The van der Waals surface area contributed by atoms with Crippen LogP contribution in [-0.4, -0.2) is 11.8 Å². The highest BCUT2D eigenvalue weighted by molar-refractivity contribution is 6.22. The molecular formula is C12H13NO2. The smallest absolute Gasteiger partial charge is 0.239 e. The largest absolute Gasteiger partial charge is 0.274 e. The van der Waals surface area contributed by atoms with Gasteiger partial charge in [0.1, 0.15) is 0 Å². The third kappa shape index (κ3) is 1.54. The molecule has 1 aromatic carbocycles. The van der Waals surface area contributed by atoms with Crippen molar-refractivity contribution in [3.63, 3.8) is 0 Å². The molecule has 1 aliphatic rings. The molecule has 0 N–H and O–H groups in total. The van der Waals surface area contributed by atoms with Gasteiger partial charge >= 0.3 is 0 Å². The summed E-state index contributed by atoms with van der Waals surface area (Å²) in [6.45, 7) is 3.60. The van der Waals surface area contributed by atoms with Gasteiger partial charge in [0.2, 0.25) is 11.8 Å². The maximum Gasteiger partial charge on any atom is 0.239 e. The Labute approximate surface area is 88.7 Å². The fourth-order valence-corrected chi connectivity index (χ4v) is 1.79. The highest BCUT2D eigenvalue weighted by Crippen LogP contribution is 2.34. The van der Waals surface area contributed by atoms with Crippen LogP contribution in [0.5, 0.6) is 0 Å². The van der Waals surface area contributed by atoms with Gasteiger partial charge in [-0.3, -0.25) is 14.5 Å². The molecule has 0 saturated carbocycles. The Kier molecular flexibility index (Phi) is 2.11. The maximum atomic E-state index is 11.9. The van der Waals surface area contributed by atoms with Crippen LogP contribution in [0.1, 0.15) is 20.3 Å². The standard InChI is InChI=1S/C12H13NO2/c1-12(2)8-10(14)13(11(12)15)9-6-4-3-5-7-9/h3-7H,8H2,1-2H3. The van der Waals surface area contributed by atoms with Crippen molar-refractivity contribution in [2.45, 2.75) is 20.3 Å². The molecule has 1 aromatic rings. The quantitative estimate of drug-likeness (QED) is 0.654. The molecule has 78 valence electrons. The van der Waals surface area contributed by atoms with Gasteiger partial charge in [0, 0.05) is 6.42 Å². The number of benzene rings is 1. The molecule has 1 aliphatic heterocycles. The molecule has 1 saturated heterocycles. The van der Waals surface area contributed by atoms with Crippen molar-refractivity contribution in [2.24, 2.45) is 5.41 Å². The van der Waals surface area contributed by atoms with Crippen LogP contribution in [0.4, 0.5) is 5.69 Å². The van der Waals surface area contributed by atoms with Gasteiger partial charge in [-0.15, -0.1) is 0 Å². The zero-order valence-corrected chi connectivity index (χ0v) is 8.86. The van der Waals surface area contributed by atoms with Gasteiger partial charge in [-0.2, -0.15) is 0 Å². The Morgan fingerprint density at radius 2 is 1.73 bits per heavy atom. The molecule has 0 atom stereocenters. The topological polar surface area (TPSA) is 37.4 Å². The second kappa shape index (κ2) is 3.19. The summed E-state index contributed by atoms with van der Waals surface area (Å²) in [6.07, 6.45) is 0.292. The van der Waals surface area contributed by atoms with Crippen LogP contribution in [0.3, 0.4) is 0 Å². The lowest BCUT2D eigenvalue weighted by Crippen LogP contribution is -2.32. The number of carbonyl (C=O) groups is 2. The summed E-state index contributed by atoms with van der Waals surface area (Å²) in [5, 5.41) is 0. The normalized spacial score (nSPS) is 19.7. The number of carbonyl (C=O) groups excluding carboxylic acids is 2. The van der Waals surface area contributed by atoms with E-state index in [1.165, 1.54) is 4.90 Å². The van der Waals surface area contributed by atoms with E-state index in [9.17, 15) is 9.59 Å². The summed E-state index contributed by atoms with van der Waals surface area (Å²) < 4.78 is 0. The summed E-state index contributed by atoms with van der Waals surface area (Å²) in [5.74, 6) is -0.227. The lowest BCUT2D eigenvalue weighted by molar-refractivity contribution is -0.124. The molecule has 1 fully saturated rings. The van der Waals surface area contributed by atoms with Gasteiger partial charge in [-0.25, -0.2) is 0 Å². The van der Waals surface area contributed by atoms with E-state index in [2.05, 4.69) is 0 Å². The van der Waals surface area contributed by atoms with E-state index in [1.54, 1.807) is 26.0 Å². The zero-order valence-electron chi connectivity index (χ0n) is 8.86. The number of anilines is 1. The monoisotopic (exact) mass is 203 g/mol. The first-order valence-corrected chi connectivity index (χ1v) is 4.95. The van der Waals surface area contributed by atoms with Crippen LogP contribution < -0.4 is 4.90 Å². The fourth-order valence-electron chi connectivity index (χ4n) is 1.79. The van der Waals surface area contributed by atoms with Gasteiger partial charge in [0.25, 0.3) is 0 Å². The Bertz CT molecular complexity index is 409. The fraction of sp³-hybridized carbons (Fsp3) is 0.333. The number of imide groups is 1. The average Bonchev–Trinajstić information content (AvgIpc) is 2.38. The molecule has 3 nitrogen and oxygen atoms in total. The molecule has 0 aliphatic carbocycles. The Hall–Kier alpha value is -1.64. The molecule has 15 heavy (non-hydrogen) atoms. The van der Waals surface area contributed by atoms with Gasteiger partial charge < -0.3 is 0 Å². The second-order valence-corrected chi connectivity index (χ2v) is 4.43. The SMILES string of the molecule is CC1(C)CC(=O)N(c2ccccc2)C1=O. The zero-order chi connectivity index (χ0) is 11.1. The van der Waals surface area contributed by atoms with Crippen LogP contribution in [0.15, 0.2) is 30.3 Å². The number of amides is 2. The lowest BCUT2D eigenvalue weighted by atomic mass is 9.92. The van der Waals surface area contributed by atoms with Crippen molar-refractivity contribution in [3.8, 4) is 0 Å². The van der Waals surface area contributed by atoms with Crippen LogP contribution >= 0.6 is 0 Å². The minimum atomic E-state index is -0.563. The minimum absolute atomic E-state index is 0.112. The molecule has 2 rings (SSSR count). The van der Waals surface area contributed by atoms with Crippen molar-refractivity contribution in [3.05, 3.63) is 30.3 Å². The van der Waals surface area contributed by atoms with Gasteiger partial charge in [0.05, 0.1) is 11.1 Å². The number of hydrogen-bond acceptors (Lipinski definition) is 2. The highest BCUT2D eigenvalue weighted by atomic mass is 16.2. The third-order valence-electron chi connectivity index (χ3n) is 2.64. The number of hydrogen-bond donors (Lipinski definition) is 0. The highest BCUT2D eigenvalue weighted by Gasteiger charge is 2.45. The number of nitrogens with zero attached hydrogens (tertiary/aromatic N) is 1. The van der Waals surface area contributed by atoms with Crippen LogP contribution in [0.2, 0.25) is 0 Å². The van der Waals surface area contributed by atoms with Crippen molar-refractivity contribution < 1.29 is 9.59 Å². The first-order valence-electron chi connectivity index (χ1n) is 4.95. The predicted molar refractivity (Wildman–Crippen MR) is 57.3 cm³/mol. The van der Waals surface area contributed by atoms with E-state index in [0.717, 1.165) is 0 Å². The van der Waals surface area contributed by atoms with Gasteiger partial charge in [0.15, 0.2) is 0 Å². The molecule has 2 amide bonds. The Morgan fingerprint density at radius 1 is 1.13 bits per heavy atom. The van der Waals surface area contributed by atoms with Crippen molar-refractivity contribution in [1.82, 2.24) is 0 Å². The molecule has 0 aromatic heterocycles. The van der Waals surface area contributed by atoms with E-state index in [0.29, 0.717) is 12.1 Å². The number of rotatable bonds is 1. The molecule has 0 radical (unpaired) electrons. The molecule has 0 unspecified atom stereocenters. The van der Waals surface area contributed by atoms with Gasteiger partial charge in [-0.1, -0.05) is 32.0 Å². The summed E-state index contributed by atoms with van der Waals surface area (Å²) in [4.78, 5) is 24.9. The second-order valence-electron chi connectivity index (χ2n) is 4.43. The average molecular weight is 203 g/mol. The minimum Gasteiger partial charge on any atom is -0.274 e. The molecule has 3 heteroatoms. The lowest BCUT2D eigenvalue weighted by Gasteiger charge is -2.17. The number of para-hydroxylation sites is 1. The van der Waals surface area contributed by atoms with Gasteiger partial charge in [-0.05, 0) is 12.1 Å². The predicted octanol–water partition coefficient (Wildman–Crippen LogP) is 1.98. The van der Waals surface area contributed by atoms with Crippen LogP contribution in [0.25, 0.3) is 0 Å². The Balaban J connectivity index is 2.40. The Morgan fingerprint density at radius 3 is 2.20 bits per heavy atom. The maximum absolute atomic E-state index is 11.9. The summed E-state index contributed by atoms with van der Waals surface area (Å²) in [6, 6.07) is 9.05. The summed E-state index contributed by atoms with van der Waals surface area (Å²) >= 11 is 0.